The van der Waals surface area contributed by atoms with E-state index in [1.807, 2.05) is 50.5 Å². The molecule has 0 spiro atoms. The minimum atomic E-state index is -0.970. The van der Waals surface area contributed by atoms with Crippen molar-refractivity contribution in [2.24, 2.45) is 0 Å². The second-order valence-electron chi connectivity index (χ2n) is 6.11. The molecule has 0 aliphatic carbocycles. The maximum absolute atomic E-state index is 11.6. The predicted molar refractivity (Wildman–Crippen MR) is 100 cm³/mol. The number of carboxylic acid groups (broad SMARTS) is 1. The van der Waals surface area contributed by atoms with Crippen LogP contribution in [0.5, 0.6) is 5.75 Å². The van der Waals surface area contributed by atoms with E-state index in [-0.39, 0.29) is 0 Å². The number of benzene rings is 2. The Balaban J connectivity index is 2.05. The Labute approximate surface area is 149 Å². The van der Waals surface area contributed by atoms with Crippen LogP contribution in [0.25, 0.3) is 0 Å². The summed E-state index contributed by atoms with van der Waals surface area (Å²) in [6, 6.07) is 14.9. The second kappa shape index (κ2) is 9.08. The Kier molecular flexibility index (Phi) is 6.83. The maximum Gasteiger partial charge on any atom is 0.411 e. The van der Waals surface area contributed by atoms with E-state index in [1.54, 1.807) is 12.1 Å². The number of hydrogen-bond acceptors (Lipinski definition) is 3. The normalized spacial score (nSPS) is 10.7. The van der Waals surface area contributed by atoms with Crippen LogP contribution in [0.4, 0.5) is 10.5 Å². The number of ether oxygens (including phenoxy) is 1. The monoisotopic (exact) mass is 341 g/mol. The minimum absolute atomic E-state index is 0.361. The second-order valence-corrected chi connectivity index (χ2v) is 6.11. The molecule has 0 heterocycles. The van der Waals surface area contributed by atoms with E-state index in [1.165, 1.54) is 4.90 Å². The van der Waals surface area contributed by atoms with Gasteiger partial charge in [0.25, 0.3) is 0 Å². The molecule has 2 aromatic rings. The predicted octanol–water partition coefficient (Wildman–Crippen LogP) is 3.54. The molecule has 0 aromatic heterocycles. The third-order valence-electron chi connectivity index (χ3n) is 3.85. The van der Waals surface area contributed by atoms with E-state index >= 15 is 0 Å². The van der Waals surface area contributed by atoms with Crippen molar-refractivity contribution >= 4 is 11.8 Å². The van der Waals surface area contributed by atoms with E-state index in [0.717, 1.165) is 23.4 Å². The summed E-state index contributed by atoms with van der Waals surface area (Å²) < 4.78 is 5.85. The molecule has 1 radical (unpaired) electrons. The third kappa shape index (κ3) is 5.80. The summed E-state index contributed by atoms with van der Waals surface area (Å²) >= 11 is 0. The lowest BCUT2D eigenvalue weighted by molar-refractivity contribution is 0.202. The average molecular weight is 341 g/mol. The molecule has 5 nitrogen and oxygen atoms in total. The van der Waals surface area contributed by atoms with Crippen LogP contribution >= 0.6 is 0 Å². The average Bonchev–Trinajstić information content (AvgIpc) is 2.57. The van der Waals surface area contributed by atoms with Crippen LogP contribution in [0.2, 0.25) is 0 Å². The number of anilines is 1. The highest BCUT2D eigenvalue weighted by molar-refractivity contribution is 5.86. The SMILES string of the molecule is [CH2]c1ccc(N(CCc2ccccc2OCCN(C)C)C(=O)O)cc1. The molecule has 25 heavy (non-hydrogen) atoms. The minimum Gasteiger partial charge on any atom is -0.492 e. The van der Waals surface area contributed by atoms with E-state index < -0.39 is 6.09 Å². The molecular weight excluding hydrogens is 316 g/mol. The molecule has 0 saturated carbocycles. The van der Waals surface area contributed by atoms with Gasteiger partial charge in [-0.05, 0) is 56.8 Å². The van der Waals surface area contributed by atoms with Gasteiger partial charge < -0.3 is 14.7 Å². The van der Waals surface area contributed by atoms with Gasteiger partial charge >= 0.3 is 6.09 Å². The van der Waals surface area contributed by atoms with Crippen molar-refractivity contribution in [1.29, 1.82) is 0 Å². The van der Waals surface area contributed by atoms with Gasteiger partial charge in [-0.15, -0.1) is 0 Å². The highest BCUT2D eigenvalue weighted by atomic mass is 16.5. The van der Waals surface area contributed by atoms with Gasteiger partial charge in [-0.25, -0.2) is 4.79 Å². The molecule has 0 fully saturated rings. The van der Waals surface area contributed by atoms with Crippen molar-refractivity contribution in [3.8, 4) is 5.75 Å². The number of nitrogens with zero attached hydrogens (tertiary/aromatic N) is 2. The molecule has 2 aromatic carbocycles. The first-order chi connectivity index (χ1) is 12.0. The van der Waals surface area contributed by atoms with Gasteiger partial charge in [0.05, 0.1) is 0 Å². The van der Waals surface area contributed by atoms with Gasteiger partial charge in [-0.3, -0.25) is 4.90 Å². The zero-order valence-electron chi connectivity index (χ0n) is 14.8. The summed E-state index contributed by atoms with van der Waals surface area (Å²) in [4.78, 5) is 15.0. The molecule has 0 atom stereocenters. The Hall–Kier alpha value is -2.53. The van der Waals surface area contributed by atoms with Crippen LogP contribution in [0, 0.1) is 6.92 Å². The fourth-order valence-electron chi connectivity index (χ4n) is 2.43. The first kappa shape index (κ1) is 18.8. The summed E-state index contributed by atoms with van der Waals surface area (Å²) in [6.45, 7) is 5.61. The van der Waals surface area contributed by atoms with E-state index in [4.69, 9.17) is 4.74 Å². The first-order valence-corrected chi connectivity index (χ1v) is 8.25. The molecule has 2 rings (SSSR count). The van der Waals surface area contributed by atoms with Crippen LogP contribution in [-0.2, 0) is 6.42 Å². The summed E-state index contributed by atoms with van der Waals surface area (Å²) in [5.74, 6) is 0.808. The molecule has 0 saturated heterocycles. The van der Waals surface area contributed by atoms with Crippen LogP contribution in [0.15, 0.2) is 48.5 Å². The Morgan fingerprint density at radius 2 is 1.76 bits per heavy atom. The molecule has 133 valence electrons. The summed E-state index contributed by atoms with van der Waals surface area (Å²) in [7, 11) is 3.99. The molecule has 0 unspecified atom stereocenters. The molecule has 5 heteroatoms. The fraction of sp³-hybridized carbons (Fsp3) is 0.300. The van der Waals surface area contributed by atoms with Gasteiger partial charge in [0.15, 0.2) is 0 Å². The number of rotatable bonds is 8. The van der Waals surface area contributed by atoms with Gasteiger partial charge in [0.1, 0.15) is 12.4 Å². The van der Waals surface area contributed by atoms with Crippen LogP contribution in [0.3, 0.4) is 0 Å². The molecular formula is C20H25N2O3. The Morgan fingerprint density at radius 3 is 2.40 bits per heavy atom. The molecule has 0 aliphatic rings. The lowest BCUT2D eigenvalue weighted by atomic mass is 10.1. The fourth-order valence-corrected chi connectivity index (χ4v) is 2.43. The van der Waals surface area contributed by atoms with Gasteiger partial charge in [-0.1, -0.05) is 30.3 Å². The lowest BCUT2D eigenvalue weighted by Crippen LogP contribution is -2.31. The zero-order valence-corrected chi connectivity index (χ0v) is 14.8. The lowest BCUT2D eigenvalue weighted by Gasteiger charge is -2.20. The Morgan fingerprint density at radius 1 is 1.08 bits per heavy atom. The van der Waals surface area contributed by atoms with E-state index in [0.29, 0.717) is 25.3 Å². The molecule has 0 aliphatic heterocycles. The molecule has 1 N–H and O–H groups in total. The smallest absolute Gasteiger partial charge is 0.411 e. The number of carbonyl (C=O) groups is 1. The van der Waals surface area contributed by atoms with Crippen molar-refractivity contribution in [3.05, 3.63) is 66.6 Å². The summed E-state index contributed by atoms with van der Waals surface area (Å²) in [5, 5.41) is 9.52. The zero-order chi connectivity index (χ0) is 18.2. The Bertz CT molecular complexity index is 684. The summed E-state index contributed by atoms with van der Waals surface area (Å²) in [6.07, 6.45) is -0.390. The summed E-state index contributed by atoms with van der Waals surface area (Å²) in [5.41, 5.74) is 2.50. The first-order valence-electron chi connectivity index (χ1n) is 8.25. The van der Waals surface area contributed by atoms with Crippen molar-refractivity contribution in [3.63, 3.8) is 0 Å². The van der Waals surface area contributed by atoms with Crippen LogP contribution in [0.1, 0.15) is 11.1 Å². The third-order valence-corrected chi connectivity index (χ3v) is 3.85. The van der Waals surface area contributed by atoms with Crippen LogP contribution < -0.4 is 9.64 Å². The molecule has 0 bridgehead atoms. The number of likely N-dealkylation sites (N-methyl/N-ethyl adjacent to an activating group) is 1. The van der Waals surface area contributed by atoms with Crippen LogP contribution in [-0.4, -0.2) is 49.9 Å². The quantitative estimate of drug-likeness (QED) is 0.798. The maximum atomic E-state index is 11.6. The molecule has 1 amide bonds. The number of para-hydroxylation sites is 1. The van der Waals surface area contributed by atoms with Gasteiger partial charge in [0.2, 0.25) is 0 Å². The topological polar surface area (TPSA) is 53.0 Å². The van der Waals surface area contributed by atoms with Gasteiger partial charge in [-0.2, -0.15) is 0 Å². The van der Waals surface area contributed by atoms with Crippen molar-refractivity contribution in [2.75, 3.05) is 38.7 Å². The largest absolute Gasteiger partial charge is 0.492 e. The van der Waals surface area contributed by atoms with Crippen molar-refractivity contribution in [2.45, 2.75) is 6.42 Å². The van der Waals surface area contributed by atoms with E-state index in [2.05, 4.69) is 11.8 Å². The van der Waals surface area contributed by atoms with E-state index in [9.17, 15) is 9.90 Å². The standard InChI is InChI=1S/C20H25N2O3/c1-16-8-10-18(11-9-16)22(20(23)24)13-12-17-6-4-5-7-19(17)25-15-14-21(2)3/h4-11H,1,12-15H2,2-3H3,(H,23,24). The highest BCUT2D eigenvalue weighted by Crippen LogP contribution is 2.21. The number of amides is 1. The van der Waals surface area contributed by atoms with Crippen molar-refractivity contribution < 1.29 is 14.6 Å². The van der Waals surface area contributed by atoms with Crippen molar-refractivity contribution in [1.82, 2.24) is 4.90 Å². The van der Waals surface area contributed by atoms with Gasteiger partial charge in [0, 0.05) is 18.8 Å². The number of hydrogen-bond donors (Lipinski definition) is 1. The highest BCUT2D eigenvalue weighted by Gasteiger charge is 2.15.